The van der Waals surface area contributed by atoms with Gasteiger partial charge < -0.3 is 19.9 Å². The lowest BCUT2D eigenvalue weighted by molar-refractivity contribution is -0.138. The van der Waals surface area contributed by atoms with Gasteiger partial charge in [0.2, 0.25) is 5.72 Å². The number of hydrogen-bond donors (Lipinski definition) is 2. The maximum atomic E-state index is 12.1. The number of hydrogen-bond acceptors (Lipinski definition) is 5. The number of anilines is 1. The second-order valence-corrected chi connectivity index (χ2v) is 5.98. The third-order valence-corrected chi connectivity index (χ3v) is 3.86. The van der Waals surface area contributed by atoms with Crippen LogP contribution in [0.1, 0.15) is 39.2 Å². The van der Waals surface area contributed by atoms with Crippen LogP contribution in [0, 0.1) is 0 Å². The molecular formula is C17H19NO4. The van der Waals surface area contributed by atoms with Crippen LogP contribution < -0.4 is 10.1 Å². The molecule has 0 aromatic heterocycles. The SMILES string of the molecule is CC1=CC2(Nc3cc(C(C)C)ccc3O2)/C(=C(/C)O)C(=O)O1. The number of aliphatic hydroxyl groups is 1. The second-order valence-electron chi connectivity index (χ2n) is 5.98. The predicted molar refractivity (Wildman–Crippen MR) is 82.7 cm³/mol. The zero-order chi connectivity index (χ0) is 16.1. The van der Waals surface area contributed by atoms with E-state index in [4.69, 9.17) is 9.47 Å². The van der Waals surface area contributed by atoms with Crippen molar-refractivity contribution in [1.82, 2.24) is 0 Å². The zero-order valence-corrected chi connectivity index (χ0v) is 13.1. The quantitative estimate of drug-likeness (QED) is 0.471. The molecule has 0 amide bonds. The van der Waals surface area contributed by atoms with Gasteiger partial charge in [-0.2, -0.15) is 0 Å². The summed E-state index contributed by atoms with van der Waals surface area (Å²) in [7, 11) is 0. The molecule has 2 heterocycles. The predicted octanol–water partition coefficient (Wildman–Crippen LogP) is 3.60. The van der Waals surface area contributed by atoms with E-state index >= 15 is 0 Å². The largest absolute Gasteiger partial charge is 0.512 e. The number of rotatable bonds is 1. The Kier molecular flexibility index (Phi) is 3.16. The van der Waals surface area contributed by atoms with Gasteiger partial charge in [0.1, 0.15) is 22.8 Å². The van der Waals surface area contributed by atoms with E-state index in [0.717, 1.165) is 11.3 Å². The summed E-state index contributed by atoms with van der Waals surface area (Å²) in [4.78, 5) is 12.1. The number of nitrogens with one attached hydrogen (secondary N) is 1. The van der Waals surface area contributed by atoms with E-state index < -0.39 is 11.7 Å². The highest BCUT2D eigenvalue weighted by Gasteiger charge is 2.49. The van der Waals surface area contributed by atoms with Crippen molar-refractivity contribution in [3.63, 3.8) is 0 Å². The fourth-order valence-electron chi connectivity index (χ4n) is 2.82. The van der Waals surface area contributed by atoms with Crippen molar-refractivity contribution in [2.24, 2.45) is 0 Å². The molecule has 0 radical (unpaired) electrons. The van der Waals surface area contributed by atoms with Gasteiger partial charge in [-0.3, -0.25) is 0 Å². The Hall–Kier alpha value is -2.43. The minimum atomic E-state index is -1.21. The summed E-state index contributed by atoms with van der Waals surface area (Å²) in [5.74, 6) is 0.718. The molecule has 1 spiro atoms. The third-order valence-electron chi connectivity index (χ3n) is 3.86. The van der Waals surface area contributed by atoms with Crippen LogP contribution in [0.25, 0.3) is 0 Å². The van der Waals surface area contributed by atoms with Crippen molar-refractivity contribution in [3.05, 3.63) is 46.9 Å². The first-order chi connectivity index (χ1) is 10.3. The Bertz CT molecular complexity index is 713. The normalized spacial score (nSPS) is 25.3. The third kappa shape index (κ3) is 2.13. The van der Waals surface area contributed by atoms with Crippen molar-refractivity contribution in [3.8, 4) is 5.75 Å². The summed E-state index contributed by atoms with van der Waals surface area (Å²) in [5.41, 5.74) is 0.817. The fraction of sp³-hybridized carbons (Fsp3) is 0.353. The van der Waals surface area contributed by atoms with Gasteiger partial charge in [-0.25, -0.2) is 4.79 Å². The molecule has 1 atom stereocenters. The smallest absolute Gasteiger partial charge is 0.349 e. The van der Waals surface area contributed by atoms with Crippen molar-refractivity contribution in [2.45, 2.75) is 39.3 Å². The van der Waals surface area contributed by atoms with Crippen LogP contribution in [-0.4, -0.2) is 16.8 Å². The number of allylic oxidation sites excluding steroid dienone is 2. The molecule has 0 bridgehead atoms. The summed E-state index contributed by atoms with van der Waals surface area (Å²) in [6.45, 7) is 7.34. The molecule has 5 nitrogen and oxygen atoms in total. The van der Waals surface area contributed by atoms with Gasteiger partial charge in [0.05, 0.1) is 5.69 Å². The summed E-state index contributed by atoms with van der Waals surface area (Å²) >= 11 is 0. The van der Waals surface area contributed by atoms with E-state index in [1.165, 1.54) is 6.92 Å². The average Bonchev–Trinajstić information content (AvgIpc) is 2.73. The topological polar surface area (TPSA) is 67.8 Å². The summed E-state index contributed by atoms with van der Waals surface area (Å²) in [6, 6.07) is 5.87. The number of ether oxygens (including phenoxy) is 2. The first kappa shape index (κ1) is 14.5. The lowest BCUT2D eigenvalue weighted by Crippen LogP contribution is -2.47. The van der Waals surface area contributed by atoms with E-state index in [-0.39, 0.29) is 11.3 Å². The molecule has 1 aromatic carbocycles. The van der Waals surface area contributed by atoms with Gasteiger partial charge in [0.25, 0.3) is 0 Å². The summed E-state index contributed by atoms with van der Waals surface area (Å²) in [6.07, 6.45) is 1.67. The highest BCUT2D eigenvalue weighted by atomic mass is 16.6. The lowest BCUT2D eigenvalue weighted by Gasteiger charge is -2.31. The van der Waals surface area contributed by atoms with Crippen molar-refractivity contribution >= 4 is 11.7 Å². The molecular weight excluding hydrogens is 282 g/mol. The molecule has 5 heteroatoms. The van der Waals surface area contributed by atoms with Crippen LogP contribution in [0.2, 0.25) is 0 Å². The first-order valence-electron chi connectivity index (χ1n) is 7.25. The maximum Gasteiger partial charge on any atom is 0.349 e. The van der Waals surface area contributed by atoms with E-state index in [0.29, 0.717) is 17.4 Å². The molecule has 0 fully saturated rings. The molecule has 116 valence electrons. The number of carbonyl (C=O) groups is 1. The van der Waals surface area contributed by atoms with Crippen LogP contribution in [0.15, 0.2) is 41.4 Å². The van der Waals surface area contributed by atoms with Gasteiger partial charge in [0, 0.05) is 6.08 Å². The van der Waals surface area contributed by atoms with E-state index in [1.54, 1.807) is 13.0 Å². The molecule has 0 saturated heterocycles. The van der Waals surface area contributed by atoms with Crippen LogP contribution in [0.5, 0.6) is 5.75 Å². The Labute approximate surface area is 129 Å². The van der Waals surface area contributed by atoms with Gasteiger partial charge in [-0.1, -0.05) is 19.9 Å². The maximum absolute atomic E-state index is 12.1. The minimum Gasteiger partial charge on any atom is -0.512 e. The van der Waals surface area contributed by atoms with Crippen LogP contribution >= 0.6 is 0 Å². The van der Waals surface area contributed by atoms with Crippen molar-refractivity contribution in [2.75, 3.05) is 5.32 Å². The summed E-state index contributed by atoms with van der Waals surface area (Å²) < 4.78 is 11.1. The Morgan fingerprint density at radius 1 is 1.36 bits per heavy atom. The number of aliphatic hydroxyl groups excluding tert-OH is 1. The first-order valence-corrected chi connectivity index (χ1v) is 7.25. The molecule has 22 heavy (non-hydrogen) atoms. The molecule has 2 N–H and O–H groups in total. The van der Waals surface area contributed by atoms with Gasteiger partial charge >= 0.3 is 5.97 Å². The number of benzene rings is 1. The van der Waals surface area contributed by atoms with E-state index in [2.05, 4.69) is 19.2 Å². The molecule has 2 aliphatic heterocycles. The average molecular weight is 301 g/mol. The van der Waals surface area contributed by atoms with Gasteiger partial charge in [0.15, 0.2) is 0 Å². The molecule has 0 aliphatic carbocycles. The summed E-state index contributed by atoms with van der Waals surface area (Å²) in [5, 5.41) is 13.1. The van der Waals surface area contributed by atoms with Crippen LogP contribution in [-0.2, 0) is 9.53 Å². The van der Waals surface area contributed by atoms with Gasteiger partial charge in [-0.15, -0.1) is 0 Å². The molecule has 1 unspecified atom stereocenters. The fourth-order valence-corrected chi connectivity index (χ4v) is 2.82. The van der Waals surface area contributed by atoms with Gasteiger partial charge in [-0.05, 0) is 37.5 Å². The standard InChI is InChI=1S/C17H19NO4/c1-9(2)12-5-6-14-13(7-12)18-17(22-14)8-10(3)21-16(20)15(17)11(4)19/h5-9,18-19H,1-4H3/b15-11-. The van der Waals surface area contributed by atoms with Crippen LogP contribution in [0.3, 0.4) is 0 Å². The Morgan fingerprint density at radius 2 is 2.09 bits per heavy atom. The molecule has 0 saturated carbocycles. The Morgan fingerprint density at radius 3 is 2.73 bits per heavy atom. The highest BCUT2D eigenvalue weighted by Crippen LogP contribution is 2.44. The van der Waals surface area contributed by atoms with E-state index in [1.807, 2.05) is 18.2 Å². The number of esters is 1. The van der Waals surface area contributed by atoms with E-state index in [9.17, 15) is 9.90 Å². The molecule has 3 rings (SSSR count). The zero-order valence-electron chi connectivity index (χ0n) is 13.1. The lowest BCUT2D eigenvalue weighted by atomic mass is 9.98. The number of fused-ring (bicyclic) bond motifs is 1. The highest BCUT2D eigenvalue weighted by molar-refractivity contribution is 5.95. The van der Waals surface area contributed by atoms with Crippen LogP contribution in [0.4, 0.5) is 5.69 Å². The molecule has 2 aliphatic rings. The molecule has 1 aromatic rings. The second kappa shape index (κ2) is 4.80. The monoisotopic (exact) mass is 301 g/mol. The number of carbonyl (C=O) groups excluding carboxylic acids is 1. The number of cyclic esters (lactones) is 1. The minimum absolute atomic E-state index is 0.0698. The Balaban J connectivity index is 2.10. The van der Waals surface area contributed by atoms with Crippen molar-refractivity contribution in [1.29, 1.82) is 0 Å². The van der Waals surface area contributed by atoms with Crippen molar-refractivity contribution < 1.29 is 19.4 Å².